The zero-order valence-electron chi connectivity index (χ0n) is 16.2. The molecule has 0 spiro atoms. The van der Waals surface area contributed by atoms with Crippen molar-refractivity contribution in [2.75, 3.05) is 12.3 Å². The molecule has 0 saturated carbocycles. The Labute approximate surface area is 176 Å². The Morgan fingerprint density at radius 2 is 2.06 bits per heavy atom. The molecule has 0 amide bonds. The maximum atomic E-state index is 14.9. The maximum absolute atomic E-state index is 14.9. The average molecular weight is 447 g/mol. The molecule has 0 aliphatic carbocycles. The van der Waals surface area contributed by atoms with Gasteiger partial charge in [0.2, 0.25) is 0 Å². The van der Waals surface area contributed by atoms with Gasteiger partial charge in [-0.25, -0.2) is 14.4 Å². The summed E-state index contributed by atoms with van der Waals surface area (Å²) in [5, 5.41) is 19.8. The van der Waals surface area contributed by atoms with E-state index in [0.717, 1.165) is 11.9 Å². The lowest BCUT2D eigenvalue weighted by Gasteiger charge is -2.16. The number of aliphatic hydroxyl groups excluding tert-OH is 1. The summed E-state index contributed by atoms with van der Waals surface area (Å²) in [7, 11) is -4.13. The van der Waals surface area contributed by atoms with Crippen molar-refractivity contribution < 1.29 is 26.8 Å². The summed E-state index contributed by atoms with van der Waals surface area (Å²) in [4.78, 5) is 7.80. The van der Waals surface area contributed by atoms with Crippen molar-refractivity contribution in [1.82, 2.24) is 14.5 Å². The first-order valence-corrected chi connectivity index (χ1v) is 10.6. The van der Waals surface area contributed by atoms with Crippen LogP contribution in [0.3, 0.4) is 0 Å². The lowest BCUT2D eigenvalue weighted by atomic mass is 10.1. The van der Waals surface area contributed by atoms with Gasteiger partial charge < -0.3 is 20.1 Å². The van der Waals surface area contributed by atoms with Crippen LogP contribution < -0.4 is 5.73 Å². The Bertz CT molecular complexity index is 1270. The molecule has 162 valence electrons. The molecule has 31 heavy (non-hydrogen) atoms. The first-order valence-electron chi connectivity index (χ1n) is 9.17. The lowest BCUT2D eigenvalue weighted by molar-refractivity contribution is -0.0401. The van der Waals surface area contributed by atoms with E-state index in [0.29, 0.717) is 0 Å². The number of aliphatic hydroxyl groups is 1. The van der Waals surface area contributed by atoms with E-state index in [-0.39, 0.29) is 27.3 Å². The Morgan fingerprint density at radius 3 is 2.74 bits per heavy atom. The number of ether oxygens (including phenoxy) is 1. The van der Waals surface area contributed by atoms with Crippen LogP contribution in [0.5, 0.6) is 0 Å². The molecule has 3 heterocycles. The van der Waals surface area contributed by atoms with E-state index in [1.807, 2.05) is 13.0 Å². The molecule has 10 nitrogen and oxygen atoms in total. The van der Waals surface area contributed by atoms with Gasteiger partial charge in [-0.2, -0.15) is 13.7 Å². The van der Waals surface area contributed by atoms with Crippen LogP contribution in [0.2, 0.25) is 0 Å². The molecule has 4 rings (SSSR count). The van der Waals surface area contributed by atoms with Gasteiger partial charge in [0.05, 0.1) is 22.5 Å². The van der Waals surface area contributed by atoms with Crippen molar-refractivity contribution in [2.45, 2.75) is 36.4 Å². The number of nitrogens with two attached hydrogens (primary N) is 1. The number of fused-ring (bicyclic) bond motifs is 1. The SMILES string of the molecule is Cc1ccc(S(=O)(=O)OC[C@H]2O[C@H](n3cc(C#N)c4c(N)ncnc43)[C@@H](F)[C@@H]2O)cc1. The minimum atomic E-state index is -4.13. The number of nitrogens with zero attached hydrogens (tertiary/aromatic N) is 4. The van der Waals surface area contributed by atoms with Crippen molar-refractivity contribution in [3.05, 3.63) is 47.9 Å². The van der Waals surface area contributed by atoms with Crippen LogP contribution in [-0.2, 0) is 19.0 Å². The Balaban J connectivity index is 1.57. The second-order valence-corrected chi connectivity index (χ2v) is 8.69. The van der Waals surface area contributed by atoms with Crippen molar-refractivity contribution in [3.8, 4) is 6.07 Å². The third-order valence-electron chi connectivity index (χ3n) is 5.02. The van der Waals surface area contributed by atoms with Gasteiger partial charge in [-0.15, -0.1) is 0 Å². The second kappa shape index (κ2) is 7.86. The number of nitrogen functional groups attached to an aromatic ring is 1. The third-order valence-corrected chi connectivity index (χ3v) is 6.32. The van der Waals surface area contributed by atoms with E-state index in [9.17, 15) is 23.2 Å². The molecule has 1 saturated heterocycles. The summed E-state index contributed by atoms with van der Waals surface area (Å²) in [6.45, 7) is 1.21. The first kappa shape index (κ1) is 21.1. The lowest BCUT2D eigenvalue weighted by Crippen LogP contribution is -2.32. The molecule has 1 aliphatic heterocycles. The molecule has 2 aromatic heterocycles. The van der Waals surface area contributed by atoms with Crippen LogP contribution in [0, 0.1) is 18.3 Å². The highest BCUT2D eigenvalue weighted by Crippen LogP contribution is 2.36. The Kier molecular flexibility index (Phi) is 5.36. The first-order chi connectivity index (χ1) is 14.7. The monoisotopic (exact) mass is 447 g/mol. The summed E-state index contributed by atoms with van der Waals surface area (Å²) < 4.78 is 51.4. The molecule has 3 N–H and O–H groups in total. The van der Waals surface area contributed by atoms with Crippen molar-refractivity contribution in [3.63, 3.8) is 0 Å². The standard InChI is InChI=1S/C19H18FN5O5S/c1-10-2-4-12(5-3-10)31(27,28)29-8-13-16(26)15(20)19(30-13)25-7-11(6-21)14-17(22)23-9-24-18(14)25/h2-5,7,9,13,15-16,19,26H,8H2,1H3,(H2,22,23,24)/t13-,15+,16-,19+/m1/s1. The number of aromatic nitrogens is 3. The highest BCUT2D eigenvalue weighted by Gasteiger charge is 2.46. The zero-order valence-corrected chi connectivity index (χ0v) is 17.0. The number of nitriles is 1. The van der Waals surface area contributed by atoms with Gasteiger partial charge in [-0.3, -0.25) is 4.18 Å². The number of hydrogen-bond acceptors (Lipinski definition) is 9. The van der Waals surface area contributed by atoms with Gasteiger partial charge >= 0.3 is 0 Å². The minimum Gasteiger partial charge on any atom is -0.387 e. The van der Waals surface area contributed by atoms with Crippen molar-refractivity contribution >= 4 is 27.0 Å². The smallest absolute Gasteiger partial charge is 0.297 e. The van der Waals surface area contributed by atoms with Crippen LogP contribution in [0.15, 0.2) is 41.7 Å². The van der Waals surface area contributed by atoms with Crippen molar-refractivity contribution in [2.24, 2.45) is 0 Å². The number of alkyl halides is 1. The normalized spacial score (nSPS) is 23.8. The fourth-order valence-corrected chi connectivity index (χ4v) is 4.30. The van der Waals surface area contributed by atoms with E-state index >= 15 is 0 Å². The molecule has 0 radical (unpaired) electrons. The molecule has 3 aromatic rings. The van der Waals surface area contributed by atoms with Crippen LogP contribution in [0.4, 0.5) is 10.2 Å². The highest BCUT2D eigenvalue weighted by atomic mass is 32.2. The number of anilines is 1. The molecule has 0 bridgehead atoms. The molecule has 1 fully saturated rings. The largest absolute Gasteiger partial charge is 0.387 e. The fourth-order valence-electron chi connectivity index (χ4n) is 3.38. The molecule has 4 atom stereocenters. The minimum absolute atomic E-state index is 0.0401. The predicted molar refractivity (Wildman–Crippen MR) is 106 cm³/mol. The van der Waals surface area contributed by atoms with Crippen LogP contribution in [-0.4, -0.2) is 53.0 Å². The van der Waals surface area contributed by atoms with Gasteiger partial charge in [0.25, 0.3) is 10.1 Å². The summed E-state index contributed by atoms with van der Waals surface area (Å²) in [5.74, 6) is 0.0401. The summed E-state index contributed by atoms with van der Waals surface area (Å²) in [5.41, 5.74) is 6.94. The molecule has 1 aliphatic rings. The van der Waals surface area contributed by atoms with E-state index < -0.39 is 41.3 Å². The summed E-state index contributed by atoms with van der Waals surface area (Å²) in [6, 6.07) is 7.93. The second-order valence-electron chi connectivity index (χ2n) is 7.07. The van der Waals surface area contributed by atoms with Crippen LogP contribution in [0.1, 0.15) is 17.4 Å². The fraction of sp³-hybridized carbons (Fsp3) is 0.316. The van der Waals surface area contributed by atoms with E-state index in [4.69, 9.17) is 14.7 Å². The van der Waals surface area contributed by atoms with Gasteiger partial charge in [-0.1, -0.05) is 17.7 Å². The van der Waals surface area contributed by atoms with Gasteiger partial charge in [0.15, 0.2) is 12.4 Å². The highest BCUT2D eigenvalue weighted by molar-refractivity contribution is 7.86. The zero-order chi connectivity index (χ0) is 22.3. The molecular weight excluding hydrogens is 429 g/mol. The number of halogens is 1. The van der Waals surface area contributed by atoms with Crippen molar-refractivity contribution in [1.29, 1.82) is 5.26 Å². The summed E-state index contributed by atoms with van der Waals surface area (Å²) in [6.07, 6.45) is -3.80. The van der Waals surface area contributed by atoms with Gasteiger partial charge in [0.1, 0.15) is 36.1 Å². The van der Waals surface area contributed by atoms with E-state index in [2.05, 4.69) is 9.97 Å². The Morgan fingerprint density at radius 1 is 1.35 bits per heavy atom. The topological polar surface area (TPSA) is 153 Å². The summed E-state index contributed by atoms with van der Waals surface area (Å²) >= 11 is 0. The van der Waals surface area contributed by atoms with Crippen LogP contribution in [0.25, 0.3) is 11.0 Å². The quantitative estimate of drug-likeness (QED) is 0.549. The Hall–Kier alpha value is -3.11. The molecule has 0 unspecified atom stereocenters. The number of aryl methyl sites for hydroxylation is 1. The van der Waals surface area contributed by atoms with E-state index in [1.165, 1.54) is 22.9 Å². The molecule has 1 aromatic carbocycles. The van der Waals surface area contributed by atoms with E-state index in [1.54, 1.807) is 12.1 Å². The number of rotatable bonds is 5. The molecule has 12 heteroatoms. The number of hydrogen-bond donors (Lipinski definition) is 2. The average Bonchev–Trinajstić information content (AvgIpc) is 3.25. The predicted octanol–water partition coefficient (Wildman–Crippen LogP) is 1.20. The van der Waals surface area contributed by atoms with Gasteiger partial charge in [-0.05, 0) is 19.1 Å². The maximum Gasteiger partial charge on any atom is 0.297 e. The molecular formula is C19H18FN5O5S. The number of benzene rings is 1. The van der Waals surface area contributed by atoms with Gasteiger partial charge in [0, 0.05) is 6.20 Å². The third kappa shape index (κ3) is 3.72. The van der Waals surface area contributed by atoms with Crippen LogP contribution >= 0.6 is 0 Å².